The molecule has 0 heterocycles. The summed E-state index contributed by atoms with van der Waals surface area (Å²) in [6.45, 7) is 4.44. The van der Waals surface area contributed by atoms with Gasteiger partial charge in [0.25, 0.3) is 0 Å². The molecule has 0 bridgehead atoms. The molecule has 0 atom stereocenters. The van der Waals surface area contributed by atoms with Gasteiger partial charge in [-0.25, -0.2) is 8.42 Å². The summed E-state index contributed by atoms with van der Waals surface area (Å²) in [7, 11) is -3.30. The van der Waals surface area contributed by atoms with E-state index in [-0.39, 0.29) is 5.75 Å². The summed E-state index contributed by atoms with van der Waals surface area (Å²) in [6, 6.07) is 5.25. The Bertz CT molecular complexity index is 500. The fraction of sp³-hybridized carbons (Fsp3) is 0.500. The molecule has 6 heteroatoms. The summed E-state index contributed by atoms with van der Waals surface area (Å²) in [6.07, 6.45) is 0.465. The van der Waals surface area contributed by atoms with Crippen LogP contribution in [0.15, 0.2) is 18.2 Å². The highest BCUT2D eigenvalue weighted by molar-refractivity contribution is 7.92. The van der Waals surface area contributed by atoms with E-state index in [1.54, 1.807) is 18.2 Å². The summed E-state index contributed by atoms with van der Waals surface area (Å²) in [5, 5.41) is 0. The van der Waals surface area contributed by atoms with Crippen molar-refractivity contribution in [1.29, 1.82) is 0 Å². The first-order valence-corrected chi connectivity index (χ1v) is 7.60. The maximum atomic E-state index is 12.2. The molecule has 18 heavy (non-hydrogen) atoms. The molecular weight excluding hydrogens is 250 g/mol. The number of anilines is 2. The van der Waals surface area contributed by atoms with Crippen LogP contribution in [0.2, 0.25) is 0 Å². The van der Waals surface area contributed by atoms with E-state index < -0.39 is 10.0 Å². The third-order valence-electron chi connectivity index (χ3n) is 2.77. The van der Waals surface area contributed by atoms with Crippen molar-refractivity contribution >= 4 is 21.4 Å². The molecule has 1 rings (SSSR count). The van der Waals surface area contributed by atoms with E-state index in [1.807, 2.05) is 13.8 Å². The molecule has 0 unspecified atom stereocenters. The van der Waals surface area contributed by atoms with E-state index in [0.717, 1.165) is 5.56 Å². The highest BCUT2D eigenvalue weighted by Gasteiger charge is 2.20. The third-order valence-corrected chi connectivity index (χ3v) is 4.72. The van der Waals surface area contributed by atoms with Gasteiger partial charge in [0.2, 0.25) is 10.0 Å². The molecule has 0 amide bonds. The van der Waals surface area contributed by atoms with E-state index in [2.05, 4.69) is 0 Å². The number of rotatable bonds is 6. The van der Waals surface area contributed by atoms with Crippen molar-refractivity contribution in [3.05, 3.63) is 23.8 Å². The van der Waals surface area contributed by atoms with E-state index in [4.69, 9.17) is 11.5 Å². The second-order valence-electron chi connectivity index (χ2n) is 4.16. The van der Waals surface area contributed by atoms with Gasteiger partial charge in [0, 0.05) is 12.2 Å². The minimum Gasteiger partial charge on any atom is -0.399 e. The maximum Gasteiger partial charge on any atom is 0.235 e. The highest BCUT2D eigenvalue weighted by Crippen LogP contribution is 2.23. The van der Waals surface area contributed by atoms with Crippen LogP contribution in [0.25, 0.3) is 0 Å². The monoisotopic (exact) mass is 271 g/mol. The van der Waals surface area contributed by atoms with Gasteiger partial charge in [-0.3, -0.25) is 4.31 Å². The lowest BCUT2D eigenvalue weighted by atomic mass is 10.2. The smallest absolute Gasteiger partial charge is 0.235 e. The van der Waals surface area contributed by atoms with Crippen molar-refractivity contribution in [2.45, 2.75) is 20.3 Å². The van der Waals surface area contributed by atoms with Crippen LogP contribution in [0, 0.1) is 6.92 Å². The van der Waals surface area contributed by atoms with E-state index in [1.165, 1.54) is 4.31 Å². The van der Waals surface area contributed by atoms with Crippen molar-refractivity contribution < 1.29 is 8.42 Å². The molecule has 1 aromatic carbocycles. The average molecular weight is 271 g/mol. The van der Waals surface area contributed by atoms with Gasteiger partial charge in [-0.2, -0.15) is 0 Å². The van der Waals surface area contributed by atoms with Gasteiger partial charge in [0.15, 0.2) is 0 Å². The lowest BCUT2D eigenvalue weighted by Crippen LogP contribution is -2.33. The first kappa shape index (κ1) is 14.8. The van der Waals surface area contributed by atoms with Gasteiger partial charge in [0.1, 0.15) is 0 Å². The van der Waals surface area contributed by atoms with Crippen molar-refractivity contribution in [3.63, 3.8) is 0 Å². The quantitative estimate of drug-likeness (QED) is 0.758. The first-order chi connectivity index (χ1) is 8.42. The fourth-order valence-electron chi connectivity index (χ4n) is 1.73. The second-order valence-corrected chi connectivity index (χ2v) is 6.18. The standard InChI is InChI=1S/C12H21N3O2S/c1-3-15(18(16,17)8-4-7-13)11-5-6-12(14)10(2)9-11/h5-6,9H,3-4,7-8,13-14H2,1-2H3. The number of sulfonamides is 1. The minimum atomic E-state index is -3.30. The molecule has 102 valence electrons. The van der Waals surface area contributed by atoms with Crippen LogP contribution in [0.4, 0.5) is 11.4 Å². The molecule has 0 aliphatic heterocycles. The number of benzene rings is 1. The average Bonchev–Trinajstić information content (AvgIpc) is 2.32. The van der Waals surface area contributed by atoms with Gasteiger partial charge >= 0.3 is 0 Å². The van der Waals surface area contributed by atoms with Crippen LogP contribution in [0.1, 0.15) is 18.9 Å². The molecule has 0 saturated heterocycles. The Morgan fingerprint density at radius 2 is 2.00 bits per heavy atom. The van der Waals surface area contributed by atoms with Crippen LogP contribution in [0.3, 0.4) is 0 Å². The summed E-state index contributed by atoms with van der Waals surface area (Å²) < 4.78 is 25.7. The molecule has 0 aromatic heterocycles. The predicted octanol–water partition coefficient (Wildman–Crippen LogP) is 1.08. The van der Waals surface area contributed by atoms with Crippen molar-refractivity contribution in [3.8, 4) is 0 Å². The number of nitrogen functional groups attached to an aromatic ring is 1. The van der Waals surface area contributed by atoms with Crippen molar-refractivity contribution in [1.82, 2.24) is 0 Å². The predicted molar refractivity (Wildman–Crippen MR) is 76.1 cm³/mol. The largest absolute Gasteiger partial charge is 0.399 e. The molecule has 4 N–H and O–H groups in total. The zero-order valence-corrected chi connectivity index (χ0v) is 11.7. The Morgan fingerprint density at radius 3 is 2.50 bits per heavy atom. The summed E-state index contributed by atoms with van der Waals surface area (Å²) in [5.41, 5.74) is 13.3. The van der Waals surface area contributed by atoms with Gasteiger partial charge in [-0.1, -0.05) is 0 Å². The zero-order valence-electron chi connectivity index (χ0n) is 10.9. The molecule has 0 spiro atoms. The Morgan fingerprint density at radius 1 is 1.33 bits per heavy atom. The molecule has 0 radical (unpaired) electrons. The SMILES string of the molecule is CCN(c1ccc(N)c(C)c1)S(=O)(=O)CCCN. The third kappa shape index (κ3) is 3.36. The summed E-state index contributed by atoms with van der Waals surface area (Å²) in [4.78, 5) is 0. The molecule has 5 nitrogen and oxygen atoms in total. The van der Waals surface area contributed by atoms with Crippen molar-refractivity contribution in [2.75, 3.05) is 28.9 Å². The number of nitrogens with zero attached hydrogens (tertiary/aromatic N) is 1. The molecule has 0 aliphatic carbocycles. The first-order valence-electron chi connectivity index (χ1n) is 5.99. The lowest BCUT2D eigenvalue weighted by molar-refractivity contribution is 0.589. The van der Waals surface area contributed by atoms with Crippen LogP contribution < -0.4 is 15.8 Å². The van der Waals surface area contributed by atoms with Crippen molar-refractivity contribution in [2.24, 2.45) is 5.73 Å². The Balaban J connectivity index is 3.05. The Hall–Kier alpha value is -1.27. The molecule has 0 saturated carbocycles. The van der Waals surface area contributed by atoms with Crippen LogP contribution >= 0.6 is 0 Å². The van der Waals surface area contributed by atoms with Gasteiger partial charge < -0.3 is 11.5 Å². The van der Waals surface area contributed by atoms with Gasteiger partial charge in [0.05, 0.1) is 11.4 Å². The molecule has 0 aliphatic rings. The van der Waals surface area contributed by atoms with Crippen LogP contribution in [0.5, 0.6) is 0 Å². The maximum absolute atomic E-state index is 12.2. The molecule has 0 fully saturated rings. The Labute approximate surface area is 109 Å². The normalized spacial score (nSPS) is 11.5. The highest BCUT2D eigenvalue weighted by atomic mass is 32.2. The summed E-state index contributed by atoms with van der Waals surface area (Å²) >= 11 is 0. The van der Waals surface area contributed by atoms with Gasteiger partial charge in [-0.05, 0) is 50.6 Å². The van der Waals surface area contributed by atoms with E-state index in [0.29, 0.717) is 30.9 Å². The van der Waals surface area contributed by atoms with Crippen LogP contribution in [-0.4, -0.2) is 27.3 Å². The number of aryl methyl sites for hydroxylation is 1. The number of hydrogen-bond donors (Lipinski definition) is 2. The fourth-order valence-corrected chi connectivity index (χ4v) is 3.31. The summed E-state index contributed by atoms with van der Waals surface area (Å²) in [5.74, 6) is 0.0702. The Kier molecular flexibility index (Phi) is 4.98. The molecule has 1 aromatic rings. The number of nitrogens with two attached hydrogens (primary N) is 2. The van der Waals surface area contributed by atoms with E-state index in [9.17, 15) is 8.42 Å². The van der Waals surface area contributed by atoms with Gasteiger partial charge in [-0.15, -0.1) is 0 Å². The van der Waals surface area contributed by atoms with Crippen LogP contribution in [-0.2, 0) is 10.0 Å². The topological polar surface area (TPSA) is 89.4 Å². The molecular formula is C12H21N3O2S. The number of hydrogen-bond acceptors (Lipinski definition) is 4. The second kappa shape index (κ2) is 6.06. The lowest BCUT2D eigenvalue weighted by Gasteiger charge is -2.23. The minimum absolute atomic E-state index is 0.0702. The van der Waals surface area contributed by atoms with E-state index >= 15 is 0 Å². The zero-order chi connectivity index (χ0) is 13.8.